The van der Waals surface area contributed by atoms with E-state index in [4.69, 9.17) is 0 Å². The van der Waals surface area contributed by atoms with Crippen LogP contribution in [0.4, 0.5) is 10.1 Å². The molecule has 20 heavy (non-hydrogen) atoms. The average molecular weight is 336 g/mol. The SMILES string of the molecule is CC(=O)c1ccc(NC(=O)c2c(F)cccc2Br)cc1. The molecule has 0 unspecified atom stereocenters. The molecule has 1 N–H and O–H groups in total. The first-order valence-corrected chi connectivity index (χ1v) is 6.64. The molecule has 0 heterocycles. The maximum Gasteiger partial charge on any atom is 0.259 e. The van der Waals surface area contributed by atoms with Gasteiger partial charge in [0.1, 0.15) is 5.82 Å². The molecule has 2 aromatic carbocycles. The fourth-order valence-corrected chi connectivity index (χ4v) is 2.22. The lowest BCUT2D eigenvalue weighted by atomic mass is 10.1. The molecule has 0 saturated heterocycles. The number of carbonyl (C=O) groups is 2. The molecule has 1 amide bonds. The molecule has 0 spiro atoms. The third kappa shape index (κ3) is 3.11. The Balaban J connectivity index is 2.21. The van der Waals surface area contributed by atoms with Gasteiger partial charge in [-0.15, -0.1) is 0 Å². The zero-order valence-electron chi connectivity index (χ0n) is 10.6. The fourth-order valence-electron chi connectivity index (χ4n) is 1.70. The summed E-state index contributed by atoms with van der Waals surface area (Å²) in [6.07, 6.45) is 0. The molecule has 0 radical (unpaired) electrons. The number of hydrogen-bond acceptors (Lipinski definition) is 2. The Labute approximate surface area is 123 Å². The van der Waals surface area contributed by atoms with Gasteiger partial charge in [0.2, 0.25) is 0 Å². The lowest BCUT2D eigenvalue weighted by Gasteiger charge is -2.08. The van der Waals surface area contributed by atoms with Crippen LogP contribution in [-0.4, -0.2) is 11.7 Å². The summed E-state index contributed by atoms with van der Waals surface area (Å²) in [4.78, 5) is 23.2. The van der Waals surface area contributed by atoms with E-state index < -0.39 is 11.7 Å². The molecule has 2 rings (SSSR count). The molecule has 0 atom stereocenters. The van der Waals surface area contributed by atoms with Gasteiger partial charge in [-0.1, -0.05) is 6.07 Å². The zero-order chi connectivity index (χ0) is 14.7. The Bertz CT molecular complexity index is 648. The molecule has 5 heteroatoms. The monoisotopic (exact) mass is 335 g/mol. The van der Waals surface area contributed by atoms with Crippen molar-refractivity contribution in [3.05, 3.63) is 63.9 Å². The first-order chi connectivity index (χ1) is 9.49. The fraction of sp³-hybridized carbons (Fsp3) is 0.0667. The molecule has 0 bridgehead atoms. The molecule has 3 nitrogen and oxygen atoms in total. The van der Waals surface area contributed by atoms with Crippen molar-refractivity contribution in [2.75, 3.05) is 5.32 Å². The Hall–Kier alpha value is -2.01. The highest BCUT2D eigenvalue weighted by Crippen LogP contribution is 2.21. The van der Waals surface area contributed by atoms with E-state index in [2.05, 4.69) is 21.2 Å². The van der Waals surface area contributed by atoms with Crippen LogP contribution in [0.2, 0.25) is 0 Å². The van der Waals surface area contributed by atoms with Crippen molar-refractivity contribution in [2.24, 2.45) is 0 Å². The molecule has 0 aliphatic carbocycles. The largest absolute Gasteiger partial charge is 0.322 e. The smallest absolute Gasteiger partial charge is 0.259 e. The molecule has 0 aliphatic heterocycles. The van der Waals surface area contributed by atoms with Crippen molar-refractivity contribution in [1.82, 2.24) is 0 Å². The first-order valence-electron chi connectivity index (χ1n) is 5.85. The summed E-state index contributed by atoms with van der Waals surface area (Å²) in [5.74, 6) is -1.21. The van der Waals surface area contributed by atoms with Gasteiger partial charge in [-0.25, -0.2) is 4.39 Å². The number of rotatable bonds is 3. The Morgan fingerprint density at radius 3 is 2.30 bits per heavy atom. The normalized spacial score (nSPS) is 10.2. The molecular formula is C15H11BrFNO2. The molecule has 102 valence electrons. The minimum absolute atomic E-state index is 0.0526. The molecule has 2 aromatic rings. The third-order valence-electron chi connectivity index (χ3n) is 2.74. The molecular weight excluding hydrogens is 325 g/mol. The van der Waals surface area contributed by atoms with Gasteiger partial charge in [-0.3, -0.25) is 9.59 Å². The van der Waals surface area contributed by atoms with Crippen LogP contribution in [0.3, 0.4) is 0 Å². The number of benzene rings is 2. The quantitative estimate of drug-likeness (QED) is 0.860. The molecule has 0 fully saturated rings. The minimum Gasteiger partial charge on any atom is -0.322 e. The number of carbonyl (C=O) groups excluding carboxylic acids is 2. The van der Waals surface area contributed by atoms with Crippen molar-refractivity contribution < 1.29 is 14.0 Å². The van der Waals surface area contributed by atoms with Crippen LogP contribution in [0, 0.1) is 5.82 Å². The van der Waals surface area contributed by atoms with Crippen LogP contribution >= 0.6 is 15.9 Å². The van der Waals surface area contributed by atoms with E-state index in [9.17, 15) is 14.0 Å². The molecule has 0 aromatic heterocycles. The third-order valence-corrected chi connectivity index (χ3v) is 3.40. The van der Waals surface area contributed by atoms with Crippen molar-refractivity contribution in [2.45, 2.75) is 6.92 Å². The van der Waals surface area contributed by atoms with Crippen molar-refractivity contribution in [3.63, 3.8) is 0 Å². The highest BCUT2D eigenvalue weighted by atomic mass is 79.9. The van der Waals surface area contributed by atoms with Crippen LogP contribution < -0.4 is 5.32 Å². The van der Waals surface area contributed by atoms with Gasteiger partial charge in [0.15, 0.2) is 5.78 Å². The summed E-state index contributed by atoms with van der Waals surface area (Å²) in [7, 11) is 0. The van der Waals surface area contributed by atoms with Crippen LogP contribution in [0.15, 0.2) is 46.9 Å². The van der Waals surface area contributed by atoms with Gasteiger partial charge < -0.3 is 5.32 Å². The Morgan fingerprint density at radius 1 is 1.10 bits per heavy atom. The zero-order valence-corrected chi connectivity index (χ0v) is 12.2. The van der Waals surface area contributed by atoms with Crippen LogP contribution in [0.1, 0.15) is 27.6 Å². The van der Waals surface area contributed by atoms with E-state index >= 15 is 0 Å². The van der Waals surface area contributed by atoms with E-state index in [-0.39, 0.29) is 11.3 Å². The summed E-state index contributed by atoms with van der Waals surface area (Å²) in [6, 6.07) is 10.7. The second-order valence-electron chi connectivity index (χ2n) is 4.18. The van der Waals surface area contributed by atoms with Crippen LogP contribution in [0.25, 0.3) is 0 Å². The van der Waals surface area contributed by atoms with Gasteiger partial charge in [-0.2, -0.15) is 0 Å². The van der Waals surface area contributed by atoms with Crippen molar-refractivity contribution in [3.8, 4) is 0 Å². The van der Waals surface area contributed by atoms with E-state index in [0.717, 1.165) is 0 Å². The van der Waals surface area contributed by atoms with Crippen molar-refractivity contribution >= 4 is 33.3 Å². The maximum atomic E-state index is 13.6. The summed E-state index contributed by atoms with van der Waals surface area (Å²) < 4.78 is 14.0. The first kappa shape index (κ1) is 14.4. The van der Waals surface area contributed by atoms with Gasteiger partial charge in [-0.05, 0) is 59.3 Å². The summed E-state index contributed by atoms with van der Waals surface area (Å²) in [5, 5.41) is 2.59. The summed E-state index contributed by atoms with van der Waals surface area (Å²) >= 11 is 3.15. The second kappa shape index (κ2) is 5.96. The predicted molar refractivity (Wildman–Crippen MR) is 78.5 cm³/mol. The van der Waals surface area contributed by atoms with E-state index in [1.54, 1.807) is 30.3 Å². The minimum atomic E-state index is -0.600. The van der Waals surface area contributed by atoms with Gasteiger partial charge in [0.05, 0.1) is 5.56 Å². The average Bonchev–Trinajstić information content (AvgIpc) is 2.39. The van der Waals surface area contributed by atoms with E-state index in [1.807, 2.05) is 0 Å². The van der Waals surface area contributed by atoms with Gasteiger partial charge in [0, 0.05) is 15.7 Å². The Kier molecular flexibility index (Phi) is 4.29. The number of halogens is 2. The Morgan fingerprint density at radius 2 is 1.75 bits per heavy atom. The summed E-state index contributed by atoms with van der Waals surface area (Å²) in [6.45, 7) is 1.46. The lowest BCUT2D eigenvalue weighted by molar-refractivity contribution is 0.101. The number of amides is 1. The highest BCUT2D eigenvalue weighted by Gasteiger charge is 2.15. The number of Topliss-reactive ketones (excluding diaryl/α,β-unsaturated/α-hetero) is 1. The highest BCUT2D eigenvalue weighted by molar-refractivity contribution is 9.10. The molecule has 0 aliphatic rings. The predicted octanol–water partition coefficient (Wildman–Crippen LogP) is 4.04. The van der Waals surface area contributed by atoms with Crippen molar-refractivity contribution in [1.29, 1.82) is 0 Å². The topological polar surface area (TPSA) is 46.2 Å². The van der Waals surface area contributed by atoms with E-state index in [1.165, 1.54) is 19.1 Å². The van der Waals surface area contributed by atoms with E-state index in [0.29, 0.717) is 15.7 Å². The number of nitrogens with one attached hydrogen (secondary N) is 1. The lowest BCUT2D eigenvalue weighted by Crippen LogP contribution is -2.14. The van der Waals surface area contributed by atoms with Gasteiger partial charge >= 0.3 is 0 Å². The molecule has 0 saturated carbocycles. The number of anilines is 1. The maximum absolute atomic E-state index is 13.6. The number of ketones is 1. The standard InChI is InChI=1S/C15H11BrFNO2/c1-9(19)10-5-7-11(8-6-10)18-15(20)14-12(16)3-2-4-13(14)17/h2-8H,1H3,(H,18,20). The summed E-state index contributed by atoms with van der Waals surface area (Å²) in [5.41, 5.74) is 0.994. The second-order valence-corrected chi connectivity index (χ2v) is 5.04. The number of hydrogen-bond donors (Lipinski definition) is 1. The van der Waals surface area contributed by atoms with Crippen LogP contribution in [-0.2, 0) is 0 Å². The van der Waals surface area contributed by atoms with Crippen LogP contribution in [0.5, 0.6) is 0 Å². The van der Waals surface area contributed by atoms with Gasteiger partial charge in [0.25, 0.3) is 5.91 Å².